The molecule has 3 rings (SSSR count). The summed E-state index contributed by atoms with van der Waals surface area (Å²) in [7, 11) is 0. The van der Waals surface area contributed by atoms with Gasteiger partial charge in [0.25, 0.3) is 0 Å². The zero-order valence-corrected chi connectivity index (χ0v) is 11.8. The van der Waals surface area contributed by atoms with E-state index in [1.807, 2.05) is 41.1 Å². The number of anilines is 1. The molecule has 2 aromatic rings. The summed E-state index contributed by atoms with van der Waals surface area (Å²) in [5.41, 5.74) is 8.15. The van der Waals surface area contributed by atoms with Crippen LogP contribution in [-0.4, -0.2) is 22.5 Å². The largest absolute Gasteiger partial charge is 0.384 e. The molecule has 4 nitrogen and oxygen atoms in total. The Morgan fingerprint density at radius 2 is 2.05 bits per heavy atom. The molecule has 4 heteroatoms. The topological polar surface area (TPSA) is 53.1 Å². The minimum absolute atomic E-state index is 0.457. The molecule has 1 heterocycles. The number of para-hydroxylation sites is 1. The Morgan fingerprint density at radius 3 is 2.75 bits per heavy atom. The van der Waals surface area contributed by atoms with Crippen LogP contribution >= 0.6 is 0 Å². The molecule has 0 spiro atoms. The first-order valence-corrected chi connectivity index (χ1v) is 7.27. The third-order valence-electron chi connectivity index (χ3n) is 3.88. The Balaban J connectivity index is 1.65. The normalized spacial score (nSPS) is 21.6. The summed E-state index contributed by atoms with van der Waals surface area (Å²) in [4.78, 5) is 0. The van der Waals surface area contributed by atoms with Crippen LogP contribution in [0.4, 0.5) is 5.82 Å². The van der Waals surface area contributed by atoms with Crippen LogP contribution in [0.2, 0.25) is 0 Å². The lowest BCUT2D eigenvalue weighted by Crippen LogP contribution is -2.32. The number of nitrogens with zero attached hydrogens (tertiary/aromatic N) is 2. The zero-order valence-electron chi connectivity index (χ0n) is 11.8. The van der Waals surface area contributed by atoms with Gasteiger partial charge in [0, 0.05) is 12.7 Å². The number of ether oxygens (including phenoxy) is 1. The van der Waals surface area contributed by atoms with Crippen LogP contribution in [0, 0.1) is 5.92 Å². The number of nitrogens with two attached hydrogens (primary N) is 1. The number of nitrogen functional groups attached to an aromatic ring is 1. The van der Waals surface area contributed by atoms with Crippen LogP contribution in [0.25, 0.3) is 5.69 Å². The summed E-state index contributed by atoms with van der Waals surface area (Å²) in [5.74, 6) is 1.39. The van der Waals surface area contributed by atoms with E-state index in [9.17, 15) is 0 Å². The Labute approximate surface area is 119 Å². The quantitative estimate of drug-likeness (QED) is 0.909. The highest BCUT2D eigenvalue weighted by Crippen LogP contribution is 2.33. The molecule has 0 aliphatic heterocycles. The standard InChI is InChI=1S/C16H21N3O/c1-2-20-15-9-12(10-15)8-13-11-16(17)19(18-13)14-6-4-3-5-7-14/h3-7,11-12,15H,2,8-10,17H2,1H3. The van der Waals surface area contributed by atoms with Crippen LogP contribution < -0.4 is 5.73 Å². The van der Waals surface area contributed by atoms with E-state index in [4.69, 9.17) is 10.5 Å². The predicted octanol–water partition coefficient (Wildman–Crippen LogP) is 2.81. The number of aromatic nitrogens is 2. The summed E-state index contributed by atoms with van der Waals surface area (Å²) >= 11 is 0. The summed E-state index contributed by atoms with van der Waals surface area (Å²) in [5, 5.41) is 4.62. The minimum atomic E-state index is 0.457. The molecule has 0 radical (unpaired) electrons. The van der Waals surface area contributed by atoms with E-state index in [0.29, 0.717) is 17.8 Å². The van der Waals surface area contributed by atoms with Crippen molar-refractivity contribution >= 4 is 5.82 Å². The maximum atomic E-state index is 6.06. The minimum Gasteiger partial charge on any atom is -0.384 e. The van der Waals surface area contributed by atoms with E-state index in [-0.39, 0.29) is 0 Å². The van der Waals surface area contributed by atoms with Crippen molar-refractivity contribution in [2.75, 3.05) is 12.3 Å². The monoisotopic (exact) mass is 271 g/mol. The van der Waals surface area contributed by atoms with Crippen LogP contribution in [0.15, 0.2) is 36.4 Å². The van der Waals surface area contributed by atoms with E-state index < -0.39 is 0 Å². The highest BCUT2D eigenvalue weighted by atomic mass is 16.5. The maximum Gasteiger partial charge on any atom is 0.127 e. The molecule has 0 unspecified atom stereocenters. The van der Waals surface area contributed by atoms with Crippen LogP contribution in [-0.2, 0) is 11.2 Å². The molecule has 0 saturated heterocycles. The summed E-state index contributed by atoms with van der Waals surface area (Å²) in [6.07, 6.45) is 3.74. The number of benzene rings is 1. The summed E-state index contributed by atoms with van der Waals surface area (Å²) in [6.45, 7) is 2.86. The molecule has 1 aromatic heterocycles. The Kier molecular flexibility index (Phi) is 3.74. The molecule has 1 aliphatic carbocycles. The van der Waals surface area contributed by atoms with E-state index in [2.05, 4.69) is 12.0 Å². The Bertz CT molecular complexity index is 558. The zero-order chi connectivity index (χ0) is 13.9. The van der Waals surface area contributed by atoms with Crippen molar-refractivity contribution in [1.82, 2.24) is 9.78 Å². The van der Waals surface area contributed by atoms with Gasteiger partial charge in [-0.25, -0.2) is 4.68 Å². The van der Waals surface area contributed by atoms with E-state index in [0.717, 1.165) is 37.3 Å². The van der Waals surface area contributed by atoms with Crippen LogP contribution in [0.5, 0.6) is 0 Å². The van der Waals surface area contributed by atoms with Gasteiger partial charge in [-0.3, -0.25) is 0 Å². The van der Waals surface area contributed by atoms with Gasteiger partial charge in [0.1, 0.15) is 5.82 Å². The Morgan fingerprint density at radius 1 is 1.30 bits per heavy atom. The second kappa shape index (κ2) is 5.67. The first kappa shape index (κ1) is 13.2. The third-order valence-corrected chi connectivity index (χ3v) is 3.88. The first-order valence-electron chi connectivity index (χ1n) is 7.27. The molecule has 1 aromatic carbocycles. The van der Waals surface area contributed by atoms with Crippen LogP contribution in [0.3, 0.4) is 0 Å². The predicted molar refractivity (Wildman–Crippen MR) is 79.8 cm³/mol. The van der Waals surface area contributed by atoms with Gasteiger partial charge < -0.3 is 10.5 Å². The van der Waals surface area contributed by atoms with E-state index in [1.54, 1.807) is 0 Å². The van der Waals surface area contributed by atoms with Gasteiger partial charge in [-0.05, 0) is 44.2 Å². The highest BCUT2D eigenvalue weighted by Gasteiger charge is 2.30. The smallest absolute Gasteiger partial charge is 0.127 e. The van der Waals surface area contributed by atoms with Crippen molar-refractivity contribution in [2.45, 2.75) is 32.3 Å². The second-order valence-electron chi connectivity index (χ2n) is 5.43. The fourth-order valence-electron chi connectivity index (χ4n) is 2.83. The maximum absolute atomic E-state index is 6.06. The molecule has 20 heavy (non-hydrogen) atoms. The van der Waals surface area contributed by atoms with Crippen molar-refractivity contribution in [3.05, 3.63) is 42.1 Å². The van der Waals surface area contributed by atoms with Gasteiger partial charge in [-0.1, -0.05) is 18.2 Å². The molecular weight excluding hydrogens is 250 g/mol. The lowest BCUT2D eigenvalue weighted by molar-refractivity contribution is -0.0243. The molecule has 0 amide bonds. The van der Waals surface area contributed by atoms with Gasteiger partial charge >= 0.3 is 0 Å². The van der Waals surface area contributed by atoms with Crippen molar-refractivity contribution < 1.29 is 4.74 Å². The fourth-order valence-corrected chi connectivity index (χ4v) is 2.83. The molecular formula is C16H21N3O. The van der Waals surface area contributed by atoms with Gasteiger partial charge in [-0.2, -0.15) is 5.10 Å². The lowest BCUT2D eigenvalue weighted by atomic mass is 9.79. The van der Waals surface area contributed by atoms with Crippen molar-refractivity contribution in [2.24, 2.45) is 5.92 Å². The molecule has 106 valence electrons. The van der Waals surface area contributed by atoms with Crippen molar-refractivity contribution in [3.63, 3.8) is 0 Å². The number of rotatable bonds is 5. The van der Waals surface area contributed by atoms with Crippen molar-refractivity contribution in [1.29, 1.82) is 0 Å². The van der Waals surface area contributed by atoms with E-state index >= 15 is 0 Å². The molecule has 2 N–H and O–H groups in total. The SMILES string of the molecule is CCOC1CC(Cc2cc(N)n(-c3ccccc3)n2)C1. The number of hydrogen-bond donors (Lipinski definition) is 1. The second-order valence-corrected chi connectivity index (χ2v) is 5.43. The molecule has 0 atom stereocenters. The molecule has 1 fully saturated rings. The van der Waals surface area contributed by atoms with Crippen molar-refractivity contribution in [3.8, 4) is 5.69 Å². The molecule has 1 aliphatic rings. The average Bonchev–Trinajstić information content (AvgIpc) is 2.78. The lowest BCUT2D eigenvalue weighted by Gasteiger charge is -2.34. The molecule has 0 bridgehead atoms. The summed E-state index contributed by atoms with van der Waals surface area (Å²) < 4.78 is 7.41. The van der Waals surface area contributed by atoms with Gasteiger partial charge in [0.05, 0.1) is 17.5 Å². The number of hydrogen-bond acceptors (Lipinski definition) is 3. The van der Waals surface area contributed by atoms with Gasteiger partial charge in [-0.15, -0.1) is 0 Å². The highest BCUT2D eigenvalue weighted by molar-refractivity contribution is 5.42. The summed E-state index contributed by atoms with van der Waals surface area (Å²) in [6, 6.07) is 12.0. The van der Waals surface area contributed by atoms with Gasteiger partial charge in [0.15, 0.2) is 0 Å². The fraction of sp³-hybridized carbons (Fsp3) is 0.438. The molecule has 1 saturated carbocycles. The van der Waals surface area contributed by atoms with Gasteiger partial charge in [0.2, 0.25) is 0 Å². The average molecular weight is 271 g/mol. The van der Waals surface area contributed by atoms with Crippen LogP contribution in [0.1, 0.15) is 25.5 Å². The van der Waals surface area contributed by atoms with E-state index in [1.165, 1.54) is 0 Å². The third kappa shape index (κ3) is 2.70. The first-order chi connectivity index (χ1) is 9.76. The Hall–Kier alpha value is -1.81.